The molecule has 0 bridgehead atoms. The number of para-hydroxylation sites is 1. The first-order valence-electron chi connectivity index (χ1n) is 13.3. The number of methoxy groups -OCH3 is 1. The smallest absolute Gasteiger partial charge is 0.338 e. The van der Waals surface area contributed by atoms with Gasteiger partial charge in [-0.1, -0.05) is 72.8 Å². The van der Waals surface area contributed by atoms with Crippen LogP contribution in [0.3, 0.4) is 0 Å². The van der Waals surface area contributed by atoms with Crippen molar-refractivity contribution in [3.63, 3.8) is 0 Å². The number of benzene rings is 4. The van der Waals surface area contributed by atoms with Gasteiger partial charge in [0.2, 0.25) is 0 Å². The molecule has 4 aromatic rings. The summed E-state index contributed by atoms with van der Waals surface area (Å²) in [7, 11) is 1.47. The van der Waals surface area contributed by atoms with Gasteiger partial charge in [0.1, 0.15) is 11.9 Å². The average Bonchev–Trinajstić information content (AvgIpc) is 3.80. The van der Waals surface area contributed by atoms with Crippen LogP contribution in [-0.2, 0) is 4.74 Å². The minimum absolute atomic E-state index is 0.0158. The summed E-state index contributed by atoms with van der Waals surface area (Å²) in [6.45, 7) is 2.95. The van der Waals surface area contributed by atoms with Crippen molar-refractivity contribution >= 4 is 16.7 Å². The fraction of sp³-hybridized carbons (Fsp3) is 0.303. The Morgan fingerprint density at radius 3 is 2.59 bits per heavy atom. The zero-order chi connectivity index (χ0) is 25.4. The molecule has 0 amide bonds. The Hall–Kier alpha value is -3.63. The zero-order valence-corrected chi connectivity index (χ0v) is 21.4. The molecule has 4 aromatic carbocycles. The van der Waals surface area contributed by atoms with E-state index in [1.54, 1.807) is 0 Å². The maximum atomic E-state index is 12.7. The summed E-state index contributed by atoms with van der Waals surface area (Å²) in [6, 6.07) is 29.9. The van der Waals surface area contributed by atoms with Crippen LogP contribution in [0.2, 0.25) is 0 Å². The van der Waals surface area contributed by atoms with E-state index in [2.05, 4.69) is 91.1 Å². The second-order valence-electron chi connectivity index (χ2n) is 10.4. The number of hydrogen-bond donors (Lipinski definition) is 1. The number of carbonyl (C=O) groups is 1. The maximum absolute atomic E-state index is 12.7. The van der Waals surface area contributed by atoms with Crippen LogP contribution in [0.15, 0.2) is 84.9 Å². The van der Waals surface area contributed by atoms with Crippen molar-refractivity contribution in [1.29, 1.82) is 0 Å². The number of ether oxygens (including phenoxy) is 2. The van der Waals surface area contributed by atoms with Gasteiger partial charge in [-0.3, -0.25) is 0 Å². The minimum atomic E-state index is -0.244. The van der Waals surface area contributed by atoms with E-state index in [1.165, 1.54) is 29.0 Å². The van der Waals surface area contributed by atoms with Gasteiger partial charge in [0.25, 0.3) is 0 Å². The Morgan fingerprint density at radius 1 is 0.973 bits per heavy atom. The molecule has 3 atom stereocenters. The zero-order valence-electron chi connectivity index (χ0n) is 21.4. The quantitative estimate of drug-likeness (QED) is 0.279. The summed E-state index contributed by atoms with van der Waals surface area (Å²) < 4.78 is 11.6. The maximum Gasteiger partial charge on any atom is 0.338 e. The molecule has 1 saturated carbocycles. The van der Waals surface area contributed by atoms with E-state index in [9.17, 15) is 4.79 Å². The molecule has 1 heterocycles. The molecule has 37 heavy (non-hydrogen) atoms. The molecular weight excluding hydrogens is 458 g/mol. The fourth-order valence-electron chi connectivity index (χ4n) is 5.81. The Labute approximate surface area is 218 Å². The van der Waals surface area contributed by atoms with Crippen LogP contribution in [0.4, 0.5) is 0 Å². The standard InChI is InChI=1S/C33H33NO3/c1-21(26-12-7-9-22-8-3-4-10-27(22)26)34-20-25-19-30(29-11-5-6-13-32(29)37-25)24-16-17-28(23-14-15-23)31(18-24)33(35)36-2/h3-13,16-18,21,23,25,30,34H,14-15,19-20H2,1-2H3/t21-,25-,30+/m1/s1. The van der Waals surface area contributed by atoms with Gasteiger partial charge in [0, 0.05) is 24.1 Å². The van der Waals surface area contributed by atoms with Crippen molar-refractivity contribution in [2.75, 3.05) is 13.7 Å². The molecule has 0 aromatic heterocycles. The molecule has 4 nitrogen and oxygen atoms in total. The number of esters is 1. The third-order valence-corrected chi connectivity index (χ3v) is 7.93. The summed E-state index contributed by atoms with van der Waals surface area (Å²) in [5.74, 6) is 1.32. The molecule has 188 valence electrons. The predicted molar refractivity (Wildman–Crippen MR) is 147 cm³/mol. The van der Waals surface area contributed by atoms with Crippen LogP contribution in [-0.4, -0.2) is 25.7 Å². The highest BCUT2D eigenvalue weighted by Crippen LogP contribution is 2.45. The second-order valence-corrected chi connectivity index (χ2v) is 10.4. The van der Waals surface area contributed by atoms with E-state index in [0.29, 0.717) is 11.5 Å². The van der Waals surface area contributed by atoms with Crippen molar-refractivity contribution in [2.45, 2.75) is 50.2 Å². The lowest BCUT2D eigenvalue weighted by molar-refractivity contribution is 0.0599. The largest absolute Gasteiger partial charge is 0.489 e. The number of nitrogens with one attached hydrogen (secondary N) is 1. The third-order valence-electron chi connectivity index (χ3n) is 7.93. The number of hydrogen-bond acceptors (Lipinski definition) is 4. The number of fused-ring (bicyclic) bond motifs is 2. The van der Waals surface area contributed by atoms with E-state index < -0.39 is 0 Å². The highest BCUT2D eigenvalue weighted by Gasteiger charge is 2.33. The van der Waals surface area contributed by atoms with E-state index >= 15 is 0 Å². The van der Waals surface area contributed by atoms with Gasteiger partial charge in [-0.05, 0) is 71.7 Å². The van der Waals surface area contributed by atoms with Crippen LogP contribution in [0, 0.1) is 0 Å². The molecule has 6 rings (SSSR count). The first kappa shape index (κ1) is 23.7. The fourth-order valence-corrected chi connectivity index (χ4v) is 5.81. The summed E-state index contributed by atoms with van der Waals surface area (Å²) in [5, 5.41) is 6.27. The molecule has 0 radical (unpaired) electrons. The number of rotatable bonds is 7. The first-order chi connectivity index (χ1) is 18.1. The van der Waals surface area contributed by atoms with Crippen LogP contribution in [0.1, 0.15) is 76.7 Å². The summed E-state index contributed by atoms with van der Waals surface area (Å²) >= 11 is 0. The molecule has 1 N–H and O–H groups in total. The van der Waals surface area contributed by atoms with E-state index in [1.807, 2.05) is 6.07 Å². The minimum Gasteiger partial charge on any atom is -0.489 e. The van der Waals surface area contributed by atoms with Crippen LogP contribution >= 0.6 is 0 Å². The van der Waals surface area contributed by atoms with E-state index in [4.69, 9.17) is 9.47 Å². The summed E-state index contributed by atoms with van der Waals surface area (Å²) in [4.78, 5) is 12.7. The Balaban J connectivity index is 1.26. The molecule has 0 unspecified atom stereocenters. The van der Waals surface area contributed by atoms with Gasteiger partial charge < -0.3 is 14.8 Å². The monoisotopic (exact) mass is 491 g/mol. The molecule has 4 heteroatoms. The van der Waals surface area contributed by atoms with E-state index in [-0.39, 0.29) is 24.0 Å². The summed E-state index contributed by atoms with van der Waals surface area (Å²) in [5.41, 5.74) is 5.46. The lowest BCUT2D eigenvalue weighted by Gasteiger charge is -2.33. The van der Waals surface area contributed by atoms with Crippen LogP contribution < -0.4 is 10.1 Å². The number of carbonyl (C=O) groups excluding carboxylic acids is 1. The van der Waals surface area contributed by atoms with Gasteiger partial charge in [0.05, 0.1) is 12.7 Å². The second kappa shape index (κ2) is 10.0. The lowest BCUT2D eigenvalue weighted by Crippen LogP contribution is -2.37. The summed E-state index contributed by atoms with van der Waals surface area (Å²) in [6.07, 6.45) is 3.15. The molecule has 0 spiro atoms. The van der Waals surface area contributed by atoms with Crippen LogP contribution in [0.5, 0.6) is 5.75 Å². The highest BCUT2D eigenvalue weighted by atomic mass is 16.5. The molecule has 1 aliphatic heterocycles. The van der Waals surface area contributed by atoms with Gasteiger partial charge in [-0.2, -0.15) is 0 Å². The van der Waals surface area contributed by atoms with Gasteiger partial charge >= 0.3 is 5.97 Å². The molecular formula is C33H33NO3. The Bertz CT molecular complexity index is 1440. The topological polar surface area (TPSA) is 47.6 Å². The first-order valence-corrected chi connectivity index (χ1v) is 13.3. The molecule has 0 saturated heterocycles. The van der Waals surface area contributed by atoms with Gasteiger partial charge in [0.15, 0.2) is 0 Å². The normalized spacial score (nSPS) is 19.6. The van der Waals surface area contributed by atoms with Crippen molar-refractivity contribution < 1.29 is 14.3 Å². The molecule has 1 fully saturated rings. The average molecular weight is 492 g/mol. The Kier molecular flexibility index (Phi) is 6.43. The SMILES string of the molecule is COC(=O)c1cc([C@@H]2C[C@H](CN[C@H](C)c3cccc4ccccc34)Oc3ccccc32)ccc1C1CC1. The Morgan fingerprint density at radius 2 is 1.76 bits per heavy atom. The van der Waals surface area contributed by atoms with Crippen molar-refractivity contribution in [1.82, 2.24) is 5.32 Å². The molecule has 2 aliphatic rings. The third kappa shape index (κ3) is 4.74. The van der Waals surface area contributed by atoms with Crippen molar-refractivity contribution in [3.05, 3.63) is 113 Å². The predicted octanol–water partition coefficient (Wildman–Crippen LogP) is 7.14. The highest BCUT2D eigenvalue weighted by molar-refractivity contribution is 5.91. The molecule has 1 aliphatic carbocycles. The van der Waals surface area contributed by atoms with Crippen molar-refractivity contribution in [3.8, 4) is 5.75 Å². The van der Waals surface area contributed by atoms with Crippen molar-refractivity contribution in [2.24, 2.45) is 0 Å². The van der Waals surface area contributed by atoms with E-state index in [0.717, 1.165) is 42.7 Å². The lowest BCUT2D eigenvalue weighted by atomic mass is 9.82. The van der Waals surface area contributed by atoms with Gasteiger partial charge in [-0.15, -0.1) is 0 Å². The van der Waals surface area contributed by atoms with Crippen LogP contribution in [0.25, 0.3) is 10.8 Å². The van der Waals surface area contributed by atoms with Gasteiger partial charge in [-0.25, -0.2) is 4.79 Å².